The lowest BCUT2D eigenvalue weighted by molar-refractivity contribution is -0.136. The Hall–Kier alpha value is -3.53. The van der Waals surface area contributed by atoms with Crippen LogP contribution in [-0.2, 0) is 9.53 Å². The fraction of sp³-hybridized carbons (Fsp3) is 0.167. The molecule has 0 unspecified atom stereocenters. The van der Waals surface area contributed by atoms with Crippen LogP contribution in [0.1, 0.15) is 21.3 Å². The summed E-state index contributed by atoms with van der Waals surface area (Å²) in [5.74, 6) is -0.150. The molecule has 28 heavy (non-hydrogen) atoms. The number of Topliss-reactive ketones (excluding diaryl/α,β-unsaturated/α-hetero) is 1. The Labute approximate surface area is 163 Å². The molecule has 1 aliphatic rings. The molecule has 2 aromatic heterocycles. The summed E-state index contributed by atoms with van der Waals surface area (Å²) >= 11 is 1.29. The van der Waals surface area contributed by atoms with E-state index < -0.39 is 12.0 Å². The number of aromatic nitrogens is 4. The molecule has 9 nitrogen and oxygen atoms in total. The first-order valence-electron chi connectivity index (χ1n) is 8.23. The molecule has 0 amide bonds. The number of rotatable bonds is 5. The van der Waals surface area contributed by atoms with Gasteiger partial charge in [-0.25, -0.2) is 4.79 Å². The summed E-state index contributed by atoms with van der Waals surface area (Å²) in [4.78, 5) is 26.3. The molecule has 1 aromatic carbocycles. The lowest BCUT2D eigenvalue weighted by Gasteiger charge is -2.28. The van der Waals surface area contributed by atoms with E-state index in [-0.39, 0.29) is 23.0 Å². The van der Waals surface area contributed by atoms with Gasteiger partial charge in [0.05, 0.1) is 24.7 Å². The number of carbonyl (C=O) groups is 2. The lowest BCUT2D eigenvalue weighted by Crippen LogP contribution is -2.32. The lowest BCUT2D eigenvalue weighted by atomic mass is 9.91. The number of thiophene rings is 1. The van der Waals surface area contributed by atoms with E-state index in [0.29, 0.717) is 16.2 Å². The predicted octanol–water partition coefficient (Wildman–Crippen LogP) is 2.07. The third kappa shape index (κ3) is 2.93. The Morgan fingerprint density at radius 2 is 2.07 bits per heavy atom. The highest BCUT2D eigenvalue weighted by Crippen LogP contribution is 2.38. The number of nitrogens with one attached hydrogen (secondary N) is 1. The number of tetrazole rings is 1. The molecule has 0 bridgehead atoms. The van der Waals surface area contributed by atoms with E-state index in [1.165, 1.54) is 23.1 Å². The third-order valence-corrected chi connectivity index (χ3v) is 5.17. The minimum atomic E-state index is -0.731. The number of hydrogen-bond donors (Lipinski definition) is 1. The average molecular weight is 397 g/mol. The van der Waals surface area contributed by atoms with Crippen LogP contribution in [0.15, 0.2) is 53.0 Å². The molecule has 0 aliphatic carbocycles. The first-order chi connectivity index (χ1) is 13.6. The van der Waals surface area contributed by atoms with Crippen molar-refractivity contribution in [2.75, 3.05) is 19.5 Å². The molecule has 142 valence electrons. The van der Waals surface area contributed by atoms with Crippen LogP contribution in [0.25, 0.3) is 0 Å². The topological polar surface area (TPSA) is 108 Å². The molecule has 3 aromatic rings. The molecule has 1 aliphatic heterocycles. The first kappa shape index (κ1) is 17.9. The third-order valence-electron chi connectivity index (χ3n) is 4.31. The number of carbonyl (C=O) groups excluding carboxylic acids is 2. The molecule has 4 rings (SSSR count). The van der Waals surface area contributed by atoms with Crippen LogP contribution in [0.5, 0.6) is 5.75 Å². The number of ether oxygens (including phenoxy) is 2. The normalized spacial score (nSPS) is 15.6. The second-order valence-electron chi connectivity index (χ2n) is 5.84. The van der Waals surface area contributed by atoms with Gasteiger partial charge in [-0.1, -0.05) is 23.3 Å². The van der Waals surface area contributed by atoms with Crippen LogP contribution >= 0.6 is 11.3 Å². The van der Waals surface area contributed by atoms with Gasteiger partial charge in [-0.3, -0.25) is 4.79 Å². The Kier molecular flexibility index (Phi) is 4.62. The number of allylic oxidation sites excluding steroid dienone is 1. The standard InChI is InChI=1S/C18H15N5O4S/c1-26-11-6-3-5-10(9-11)15-13(16(24)12-7-4-8-28-12)14(17(25)27-2)19-18-20-21-22-23(15)18/h3-9,15H,1-2H3,(H,19,20,22)/t15-/m1/s1. The van der Waals surface area contributed by atoms with E-state index in [1.807, 2.05) is 6.07 Å². The van der Waals surface area contributed by atoms with E-state index in [9.17, 15) is 9.59 Å². The molecule has 0 saturated heterocycles. The van der Waals surface area contributed by atoms with E-state index >= 15 is 0 Å². The maximum absolute atomic E-state index is 13.4. The van der Waals surface area contributed by atoms with Crippen molar-refractivity contribution in [1.82, 2.24) is 20.2 Å². The molecule has 0 saturated carbocycles. The number of nitrogens with zero attached hydrogens (tertiary/aromatic N) is 4. The van der Waals surface area contributed by atoms with Gasteiger partial charge < -0.3 is 14.8 Å². The van der Waals surface area contributed by atoms with Crippen LogP contribution in [0.3, 0.4) is 0 Å². The van der Waals surface area contributed by atoms with Crippen molar-refractivity contribution in [1.29, 1.82) is 0 Å². The van der Waals surface area contributed by atoms with Gasteiger partial charge in [0, 0.05) is 0 Å². The molecule has 10 heteroatoms. The number of hydrogen-bond acceptors (Lipinski definition) is 9. The van der Waals surface area contributed by atoms with Gasteiger partial charge in [0.25, 0.3) is 0 Å². The van der Waals surface area contributed by atoms with Gasteiger partial charge in [-0.05, 0) is 39.6 Å². The summed E-state index contributed by atoms with van der Waals surface area (Å²) in [5, 5.41) is 16.2. The summed E-state index contributed by atoms with van der Waals surface area (Å²) in [5.41, 5.74) is 0.897. The van der Waals surface area contributed by atoms with Gasteiger partial charge in [0.1, 0.15) is 17.5 Å². The van der Waals surface area contributed by atoms with Crippen LogP contribution in [0, 0.1) is 0 Å². The van der Waals surface area contributed by atoms with E-state index in [4.69, 9.17) is 9.47 Å². The summed E-state index contributed by atoms with van der Waals surface area (Å²) in [6.45, 7) is 0. The molecule has 0 radical (unpaired) electrons. The quantitative estimate of drug-likeness (QED) is 0.515. The number of anilines is 1. The van der Waals surface area contributed by atoms with Crippen molar-refractivity contribution in [3.05, 3.63) is 63.5 Å². The van der Waals surface area contributed by atoms with Crippen molar-refractivity contribution >= 4 is 29.0 Å². The van der Waals surface area contributed by atoms with E-state index in [1.54, 1.807) is 42.8 Å². The molecule has 3 heterocycles. The van der Waals surface area contributed by atoms with E-state index in [0.717, 1.165) is 0 Å². The minimum Gasteiger partial charge on any atom is -0.497 e. The van der Waals surface area contributed by atoms with Crippen molar-refractivity contribution in [3.8, 4) is 5.75 Å². The summed E-state index contributed by atoms with van der Waals surface area (Å²) in [7, 11) is 2.81. The largest absolute Gasteiger partial charge is 0.497 e. The number of ketones is 1. The molecular formula is C18H15N5O4S. The average Bonchev–Trinajstić information content (AvgIpc) is 3.43. The highest BCUT2D eigenvalue weighted by molar-refractivity contribution is 7.12. The maximum atomic E-state index is 13.4. The van der Waals surface area contributed by atoms with Crippen LogP contribution in [-0.4, -0.2) is 46.2 Å². The van der Waals surface area contributed by atoms with Crippen LogP contribution in [0.4, 0.5) is 5.95 Å². The van der Waals surface area contributed by atoms with Crippen LogP contribution < -0.4 is 10.1 Å². The zero-order valence-corrected chi connectivity index (χ0v) is 15.8. The zero-order valence-electron chi connectivity index (χ0n) is 14.9. The van der Waals surface area contributed by atoms with Gasteiger partial charge in [0.2, 0.25) is 11.7 Å². The van der Waals surface area contributed by atoms with Crippen molar-refractivity contribution < 1.29 is 19.1 Å². The summed E-state index contributed by atoms with van der Waals surface area (Å²) < 4.78 is 11.7. The number of benzene rings is 1. The Balaban J connectivity index is 1.96. The molecule has 1 atom stereocenters. The predicted molar refractivity (Wildman–Crippen MR) is 100 cm³/mol. The molecule has 0 spiro atoms. The number of esters is 1. The molecular weight excluding hydrogens is 382 g/mol. The first-order valence-corrected chi connectivity index (χ1v) is 9.11. The fourth-order valence-electron chi connectivity index (χ4n) is 3.05. The van der Waals surface area contributed by atoms with Crippen LogP contribution in [0.2, 0.25) is 0 Å². The highest BCUT2D eigenvalue weighted by Gasteiger charge is 2.38. The monoisotopic (exact) mass is 397 g/mol. The Bertz CT molecular complexity index is 1070. The fourth-order valence-corrected chi connectivity index (χ4v) is 3.73. The highest BCUT2D eigenvalue weighted by atomic mass is 32.1. The zero-order chi connectivity index (χ0) is 19.7. The smallest absolute Gasteiger partial charge is 0.355 e. The van der Waals surface area contributed by atoms with Gasteiger partial charge in [-0.15, -0.1) is 11.3 Å². The summed E-state index contributed by atoms with van der Waals surface area (Å²) in [6.07, 6.45) is 0. The number of fused-ring (bicyclic) bond motifs is 1. The maximum Gasteiger partial charge on any atom is 0.355 e. The van der Waals surface area contributed by atoms with Crippen molar-refractivity contribution in [3.63, 3.8) is 0 Å². The Morgan fingerprint density at radius 3 is 2.79 bits per heavy atom. The molecule has 1 N–H and O–H groups in total. The summed E-state index contributed by atoms with van der Waals surface area (Å²) in [6, 6.07) is 9.92. The SMILES string of the molecule is COC(=O)C1=C(C(=O)c2cccs2)[C@@H](c2cccc(OC)c2)n2nnnc2N1. The van der Waals surface area contributed by atoms with Gasteiger partial charge in [-0.2, -0.15) is 4.68 Å². The Morgan fingerprint density at radius 1 is 1.21 bits per heavy atom. The number of methoxy groups -OCH3 is 2. The second kappa shape index (κ2) is 7.24. The van der Waals surface area contributed by atoms with Gasteiger partial charge >= 0.3 is 5.97 Å². The van der Waals surface area contributed by atoms with Gasteiger partial charge in [0.15, 0.2) is 0 Å². The van der Waals surface area contributed by atoms with E-state index in [2.05, 4.69) is 20.8 Å². The second-order valence-corrected chi connectivity index (χ2v) is 6.79. The minimum absolute atomic E-state index is 0.0102. The van der Waals surface area contributed by atoms with Crippen molar-refractivity contribution in [2.24, 2.45) is 0 Å². The van der Waals surface area contributed by atoms with Crippen molar-refractivity contribution in [2.45, 2.75) is 6.04 Å². The molecule has 0 fully saturated rings.